The van der Waals surface area contributed by atoms with E-state index < -0.39 is 0 Å². The number of rotatable bonds is 6. The second kappa shape index (κ2) is 9.10. The van der Waals surface area contributed by atoms with E-state index in [1.165, 1.54) is 5.56 Å². The summed E-state index contributed by atoms with van der Waals surface area (Å²) in [5, 5.41) is 11.3. The Kier molecular flexibility index (Phi) is 5.70. The highest BCUT2D eigenvalue weighted by atomic mass is 32.1. The number of hydrazone groups is 1. The Morgan fingerprint density at radius 1 is 1.03 bits per heavy atom. The number of hydrogen-bond donors (Lipinski definition) is 3. The van der Waals surface area contributed by atoms with Gasteiger partial charge in [-0.1, -0.05) is 48.0 Å². The zero-order valence-electron chi connectivity index (χ0n) is 17.9. The minimum absolute atomic E-state index is 0.266. The third-order valence-corrected chi connectivity index (χ3v) is 6.00. The first-order valence-electron chi connectivity index (χ1n) is 10.4. The summed E-state index contributed by atoms with van der Waals surface area (Å²) in [5.74, 6) is -0.266. The first-order chi connectivity index (χ1) is 16.2. The SMILES string of the molecule is Cc1ccc(Nc2nc(-c3ccc(C(=O)N/N=C\c4c[nH]c5ccccc45)cc3)cs2)cc1. The topological polar surface area (TPSA) is 82.2 Å². The molecule has 6 nitrogen and oxygen atoms in total. The molecular formula is C26H21N5OS. The second-order valence-electron chi connectivity index (χ2n) is 7.60. The van der Waals surface area contributed by atoms with E-state index in [-0.39, 0.29) is 5.91 Å². The lowest BCUT2D eigenvalue weighted by Crippen LogP contribution is -2.17. The van der Waals surface area contributed by atoms with E-state index in [4.69, 9.17) is 0 Å². The Morgan fingerprint density at radius 2 is 1.82 bits per heavy atom. The van der Waals surface area contributed by atoms with Crippen molar-refractivity contribution in [2.75, 3.05) is 5.32 Å². The van der Waals surface area contributed by atoms with E-state index in [1.807, 2.05) is 60.1 Å². The van der Waals surface area contributed by atoms with Gasteiger partial charge in [-0.25, -0.2) is 10.4 Å². The minimum Gasteiger partial charge on any atom is -0.361 e. The van der Waals surface area contributed by atoms with Crippen LogP contribution in [0.15, 0.2) is 89.5 Å². The van der Waals surface area contributed by atoms with Crippen LogP contribution in [0.5, 0.6) is 0 Å². The first kappa shape index (κ1) is 20.7. The number of carbonyl (C=O) groups excluding carboxylic acids is 1. The monoisotopic (exact) mass is 451 g/mol. The van der Waals surface area contributed by atoms with Gasteiger partial charge < -0.3 is 10.3 Å². The number of nitrogens with one attached hydrogen (secondary N) is 3. The largest absolute Gasteiger partial charge is 0.361 e. The third kappa shape index (κ3) is 4.68. The summed E-state index contributed by atoms with van der Waals surface area (Å²) in [6.07, 6.45) is 3.51. The molecule has 0 spiro atoms. The molecule has 162 valence electrons. The van der Waals surface area contributed by atoms with Gasteiger partial charge in [0.2, 0.25) is 0 Å². The summed E-state index contributed by atoms with van der Waals surface area (Å²) in [5.41, 5.74) is 9.09. The summed E-state index contributed by atoms with van der Waals surface area (Å²) in [6.45, 7) is 2.06. The van der Waals surface area contributed by atoms with Crippen LogP contribution in [0.4, 0.5) is 10.8 Å². The fourth-order valence-electron chi connectivity index (χ4n) is 3.44. The molecule has 0 aliphatic heterocycles. The normalized spacial score (nSPS) is 11.2. The van der Waals surface area contributed by atoms with Gasteiger partial charge in [0, 0.05) is 44.9 Å². The molecule has 0 unspecified atom stereocenters. The Labute approximate surface area is 195 Å². The van der Waals surface area contributed by atoms with Crippen LogP contribution < -0.4 is 10.7 Å². The van der Waals surface area contributed by atoms with Gasteiger partial charge in [-0.05, 0) is 37.3 Å². The Morgan fingerprint density at radius 3 is 2.64 bits per heavy atom. The molecule has 0 radical (unpaired) electrons. The van der Waals surface area contributed by atoms with Crippen LogP contribution in [0.25, 0.3) is 22.2 Å². The predicted molar refractivity (Wildman–Crippen MR) is 135 cm³/mol. The van der Waals surface area contributed by atoms with Crippen molar-refractivity contribution in [3.05, 3.63) is 101 Å². The summed E-state index contributed by atoms with van der Waals surface area (Å²) >= 11 is 1.54. The van der Waals surface area contributed by atoms with Gasteiger partial charge in [0.05, 0.1) is 11.9 Å². The molecule has 3 aromatic carbocycles. The highest BCUT2D eigenvalue weighted by Crippen LogP contribution is 2.27. The first-order valence-corrected chi connectivity index (χ1v) is 11.3. The van der Waals surface area contributed by atoms with Gasteiger partial charge in [0.1, 0.15) is 0 Å². The lowest BCUT2D eigenvalue weighted by molar-refractivity contribution is 0.0955. The fraction of sp³-hybridized carbons (Fsp3) is 0.0385. The number of aromatic nitrogens is 2. The van der Waals surface area contributed by atoms with Crippen molar-refractivity contribution in [3.8, 4) is 11.3 Å². The third-order valence-electron chi connectivity index (χ3n) is 5.24. The Balaban J connectivity index is 1.22. The lowest BCUT2D eigenvalue weighted by Gasteiger charge is -2.03. The molecule has 2 heterocycles. The van der Waals surface area contributed by atoms with Crippen LogP contribution in [0.3, 0.4) is 0 Å². The van der Waals surface area contributed by atoms with E-state index in [0.717, 1.165) is 38.5 Å². The van der Waals surface area contributed by atoms with Crippen LogP contribution in [-0.4, -0.2) is 22.1 Å². The van der Waals surface area contributed by atoms with Crippen molar-refractivity contribution in [1.29, 1.82) is 0 Å². The molecule has 1 amide bonds. The van der Waals surface area contributed by atoms with Crippen molar-refractivity contribution in [2.45, 2.75) is 6.92 Å². The van der Waals surface area contributed by atoms with Gasteiger partial charge >= 0.3 is 0 Å². The van der Waals surface area contributed by atoms with Crippen LogP contribution in [0.2, 0.25) is 0 Å². The molecular weight excluding hydrogens is 430 g/mol. The molecule has 0 atom stereocenters. The maximum Gasteiger partial charge on any atom is 0.271 e. The molecule has 0 saturated heterocycles. The van der Waals surface area contributed by atoms with E-state index in [2.05, 4.69) is 44.9 Å². The molecule has 0 aliphatic rings. The van der Waals surface area contributed by atoms with Crippen LogP contribution in [-0.2, 0) is 0 Å². The number of carbonyl (C=O) groups is 1. The molecule has 33 heavy (non-hydrogen) atoms. The molecule has 7 heteroatoms. The molecule has 0 saturated carbocycles. The molecule has 0 bridgehead atoms. The quantitative estimate of drug-likeness (QED) is 0.215. The number of hydrogen-bond acceptors (Lipinski definition) is 5. The standard InChI is InChI=1S/C26H21N5OS/c1-17-6-12-21(13-7-17)29-26-30-24(16-33-26)18-8-10-19(11-9-18)25(32)31-28-15-20-14-27-23-5-3-2-4-22(20)23/h2-16,27H,1H3,(H,29,30)(H,31,32)/b28-15-. The average Bonchev–Trinajstić information content (AvgIpc) is 3.48. The zero-order chi connectivity index (χ0) is 22.6. The number of benzene rings is 3. The van der Waals surface area contributed by atoms with Crippen LogP contribution in [0, 0.1) is 6.92 Å². The highest BCUT2D eigenvalue weighted by molar-refractivity contribution is 7.14. The molecule has 0 aliphatic carbocycles. The summed E-state index contributed by atoms with van der Waals surface area (Å²) in [4.78, 5) is 20.3. The number of aromatic amines is 1. The number of fused-ring (bicyclic) bond motifs is 1. The van der Waals surface area contributed by atoms with E-state index in [0.29, 0.717) is 5.56 Å². The number of H-pyrrole nitrogens is 1. The van der Waals surface area contributed by atoms with E-state index in [9.17, 15) is 4.79 Å². The summed E-state index contributed by atoms with van der Waals surface area (Å²) in [7, 11) is 0. The van der Waals surface area contributed by atoms with Crippen molar-refractivity contribution in [2.24, 2.45) is 5.10 Å². The summed E-state index contributed by atoms with van der Waals surface area (Å²) in [6, 6.07) is 23.5. The van der Waals surface area contributed by atoms with Gasteiger partial charge in [0.15, 0.2) is 5.13 Å². The maximum atomic E-state index is 12.5. The molecule has 5 aromatic rings. The van der Waals surface area contributed by atoms with E-state index in [1.54, 1.807) is 29.7 Å². The van der Waals surface area contributed by atoms with Crippen molar-refractivity contribution >= 4 is 45.2 Å². The lowest BCUT2D eigenvalue weighted by atomic mass is 10.1. The van der Waals surface area contributed by atoms with Gasteiger partial charge in [-0.2, -0.15) is 5.10 Å². The maximum absolute atomic E-state index is 12.5. The van der Waals surface area contributed by atoms with Gasteiger partial charge in [0.25, 0.3) is 5.91 Å². The Bertz CT molecular complexity index is 1430. The van der Waals surface area contributed by atoms with Gasteiger partial charge in [-0.15, -0.1) is 11.3 Å². The molecule has 5 rings (SSSR count). The number of anilines is 2. The highest BCUT2D eigenvalue weighted by Gasteiger charge is 2.08. The van der Waals surface area contributed by atoms with Crippen molar-refractivity contribution in [3.63, 3.8) is 0 Å². The smallest absolute Gasteiger partial charge is 0.271 e. The van der Waals surface area contributed by atoms with Crippen molar-refractivity contribution in [1.82, 2.24) is 15.4 Å². The molecule has 3 N–H and O–H groups in total. The number of nitrogens with zero attached hydrogens (tertiary/aromatic N) is 2. The van der Waals surface area contributed by atoms with Crippen LogP contribution >= 0.6 is 11.3 Å². The molecule has 0 fully saturated rings. The number of amides is 1. The van der Waals surface area contributed by atoms with Gasteiger partial charge in [-0.3, -0.25) is 4.79 Å². The number of thiazole rings is 1. The Hall–Kier alpha value is -4.23. The number of aryl methyl sites for hydroxylation is 1. The zero-order valence-corrected chi connectivity index (χ0v) is 18.7. The number of para-hydroxylation sites is 1. The average molecular weight is 452 g/mol. The predicted octanol–water partition coefficient (Wildman–Crippen LogP) is 6.11. The summed E-state index contributed by atoms with van der Waals surface area (Å²) < 4.78 is 0. The second-order valence-corrected chi connectivity index (χ2v) is 8.45. The van der Waals surface area contributed by atoms with Crippen LogP contribution in [0.1, 0.15) is 21.5 Å². The van der Waals surface area contributed by atoms with Crippen molar-refractivity contribution < 1.29 is 4.79 Å². The minimum atomic E-state index is -0.266. The fourth-order valence-corrected chi connectivity index (χ4v) is 4.18. The molecule has 2 aromatic heterocycles. The van der Waals surface area contributed by atoms with E-state index >= 15 is 0 Å².